The van der Waals surface area contributed by atoms with Gasteiger partial charge in [0.2, 0.25) is 17.0 Å². The zero-order valence-electron chi connectivity index (χ0n) is 21.7. The van der Waals surface area contributed by atoms with Gasteiger partial charge in [-0.25, -0.2) is 4.98 Å². The first-order valence-corrected chi connectivity index (χ1v) is 13.7. The molecule has 0 aliphatic carbocycles. The Labute approximate surface area is 221 Å². The van der Waals surface area contributed by atoms with Crippen LogP contribution in [0.5, 0.6) is 0 Å². The maximum atomic E-state index is 13.0. The number of aryl methyl sites for hydroxylation is 1. The maximum Gasteiger partial charge on any atom is 0.233 e. The van der Waals surface area contributed by atoms with Crippen LogP contribution in [0.15, 0.2) is 53.7 Å². The number of hydrogen-bond acceptors (Lipinski definition) is 6. The fraction of sp³-hybridized carbons (Fsp3) is 0.393. The van der Waals surface area contributed by atoms with Crippen LogP contribution in [0, 0.1) is 12.8 Å². The second kappa shape index (κ2) is 10.5. The van der Waals surface area contributed by atoms with E-state index in [1.165, 1.54) is 17.3 Å². The fourth-order valence-electron chi connectivity index (χ4n) is 4.90. The number of thioether (sulfide) groups is 1. The van der Waals surface area contributed by atoms with Crippen LogP contribution >= 0.6 is 11.8 Å². The number of hydrogen-bond donors (Lipinski definition) is 0. The summed E-state index contributed by atoms with van der Waals surface area (Å²) in [6.07, 6.45) is 0. The third-order valence-electron chi connectivity index (χ3n) is 6.87. The van der Waals surface area contributed by atoms with E-state index in [0.717, 1.165) is 27.6 Å². The molecule has 0 radical (unpaired) electrons. The number of fused-ring (bicyclic) bond motifs is 3. The highest BCUT2D eigenvalue weighted by Crippen LogP contribution is 2.29. The lowest BCUT2D eigenvalue weighted by Crippen LogP contribution is -2.56. The van der Waals surface area contributed by atoms with E-state index >= 15 is 0 Å². The number of benzene rings is 2. The van der Waals surface area contributed by atoms with Gasteiger partial charge in [-0.3, -0.25) is 9.59 Å². The number of aromatic nitrogens is 4. The van der Waals surface area contributed by atoms with Gasteiger partial charge < -0.3 is 14.4 Å². The third kappa shape index (κ3) is 5.18. The second-order valence-electron chi connectivity index (χ2n) is 10.0. The van der Waals surface area contributed by atoms with E-state index < -0.39 is 0 Å². The average molecular weight is 517 g/mol. The largest absolute Gasteiger partial charge is 0.338 e. The summed E-state index contributed by atoms with van der Waals surface area (Å²) in [6, 6.07) is 16.6. The van der Waals surface area contributed by atoms with E-state index in [9.17, 15) is 9.59 Å². The Morgan fingerprint density at radius 1 is 1.08 bits per heavy atom. The summed E-state index contributed by atoms with van der Waals surface area (Å²) >= 11 is 1.31. The highest BCUT2D eigenvalue weighted by Gasteiger charge is 2.30. The normalized spacial score (nSPS) is 16.2. The monoisotopic (exact) mass is 516 g/mol. The molecule has 0 saturated carbocycles. The Kier molecular flexibility index (Phi) is 7.15. The van der Waals surface area contributed by atoms with Gasteiger partial charge in [0, 0.05) is 43.5 Å². The molecule has 5 rings (SSSR count). The lowest BCUT2D eigenvalue weighted by Gasteiger charge is -2.40. The first kappa shape index (κ1) is 25.2. The summed E-state index contributed by atoms with van der Waals surface area (Å²) in [4.78, 5) is 34.0. The van der Waals surface area contributed by atoms with Crippen molar-refractivity contribution >= 4 is 45.6 Å². The zero-order chi connectivity index (χ0) is 26.1. The minimum Gasteiger partial charge on any atom is -0.338 e. The van der Waals surface area contributed by atoms with Crippen LogP contribution in [0.4, 0.5) is 0 Å². The first-order chi connectivity index (χ1) is 17.8. The van der Waals surface area contributed by atoms with Crippen molar-refractivity contribution < 1.29 is 9.59 Å². The summed E-state index contributed by atoms with van der Waals surface area (Å²) in [5.41, 5.74) is 4.93. The minimum absolute atomic E-state index is 0.00372. The number of amides is 2. The number of nitrogens with zero attached hydrogens (tertiary/aromatic N) is 6. The Balaban J connectivity index is 1.35. The molecule has 4 aromatic rings. The van der Waals surface area contributed by atoms with Gasteiger partial charge in [0.05, 0.1) is 11.3 Å². The van der Waals surface area contributed by atoms with Gasteiger partial charge in [0.25, 0.3) is 0 Å². The van der Waals surface area contributed by atoms with Crippen molar-refractivity contribution in [3.05, 3.63) is 59.7 Å². The highest BCUT2D eigenvalue weighted by molar-refractivity contribution is 7.99. The van der Waals surface area contributed by atoms with Crippen LogP contribution < -0.4 is 0 Å². The molecule has 8 nitrogen and oxygen atoms in total. The molecule has 1 aliphatic rings. The molecule has 2 aromatic heterocycles. The minimum atomic E-state index is -0.0405. The average Bonchev–Trinajstić information content (AvgIpc) is 3.19. The predicted molar refractivity (Wildman–Crippen MR) is 146 cm³/mol. The third-order valence-corrected chi connectivity index (χ3v) is 7.69. The molecule has 2 amide bonds. The summed E-state index contributed by atoms with van der Waals surface area (Å²) in [7, 11) is 0. The number of carbonyl (C=O) groups excluding carboxylic acids is 2. The van der Waals surface area contributed by atoms with E-state index in [1.54, 1.807) is 0 Å². The summed E-state index contributed by atoms with van der Waals surface area (Å²) in [6.45, 7) is 10.2. The van der Waals surface area contributed by atoms with Gasteiger partial charge >= 0.3 is 0 Å². The smallest absolute Gasteiger partial charge is 0.233 e. The molecule has 0 N–H and O–H groups in total. The Hall–Kier alpha value is -3.46. The molecule has 1 unspecified atom stereocenters. The molecule has 0 spiro atoms. The van der Waals surface area contributed by atoms with Crippen molar-refractivity contribution in [2.24, 2.45) is 5.92 Å². The van der Waals surface area contributed by atoms with Crippen LogP contribution in [0.2, 0.25) is 0 Å². The lowest BCUT2D eigenvalue weighted by molar-refractivity contribution is -0.143. The number of rotatable bonds is 6. The van der Waals surface area contributed by atoms with Crippen molar-refractivity contribution in [3.8, 4) is 0 Å². The van der Waals surface area contributed by atoms with Crippen molar-refractivity contribution in [2.75, 3.05) is 25.4 Å². The first-order valence-electron chi connectivity index (χ1n) is 12.7. The molecule has 1 aliphatic heterocycles. The highest BCUT2D eigenvalue weighted by atomic mass is 32.2. The Morgan fingerprint density at radius 3 is 2.59 bits per heavy atom. The topological polar surface area (TPSA) is 84.2 Å². The van der Waals surface area contributed by atoms with Gasteiger partial charge in [0.1, 0.15) is 5.52 Å². The summed E-state index contributed by atoms with van der Waals surface area (Å²) in [5.74, 6) is 0.359. The maximum absolute atomic E-state index is 13.0. The Bertz CT molecular complexity index is 1450. The quantitative estimate of drug-likeness (QED) is 0.358. The molecular weight excluding hydrogens is 484 g/mol. The van der Waals surface area contributed by atoms with Crippen molar-refractivity contribution in [1.29, 1.82) is 0 Å². The molecule has 3 heterocycles. The van der Waals surface area contributed by atoms with Gasteiger partial charge in [-0.15, -0.1) is 10.2 Å². The standard InChI is InChI=1S/C28H32N6O2S/c1-18(2)27(36)33-13-12-32(15-20(33)4)24(35)17-37-28-29-26-25(30-31-28)22-14-19(3)10-11-23(22)34(26)16-21-8-6-5-7-9-21/h5-11,14,18,20H,12-13,15-17H2,1-4H3. The van der Waals surface area contributed by atoms with Gasteiger partial charge in [-0.1, -0.05) is 67.6 Å². The molecule has 1 atom stereocenters. The van der Waals surface area contributed by atoms with E-state index in [0.29, 0.717) is 31.3 Å². The molecular formula is C28H32N6O2S. The van der Waals surface area contributed by atoms with Gasteiger partial charge in [-0.2, -0.15) is 0 Å². The van der Waals surface area contributed by atoms with Crippen molar-refractivity contribution in [3.63, 3.8) is 0 Å². The van der Waals surface area contributed by atoms with E-state index in [-0.39, 0.29) is 29.5 Å². The number of carbonyl (C=O) groups is 2. The molecule has 37 heavy (non-hydrogen) atoms. The van der Waals surface area contributed by atoms with Crippen LogP contribution in [-0.2, 0) is 16.1 Å². The molecule has 192 valence electrons. The molecule has 9 heteroatoms. The fourth-order valence-corrected chi connectivity index (χ4v) is 5.59. The van der Waals surface area contributed by atoms with Crippen LogP contribution in [0.3, 0.4) is 0 Å². The molecule has 1 fully saturated rings. The zero-order valence-corrected chi connectivity index (χ0v) is 22.5. The van der Waals surface area contributed by atoms with Gasteiger partial charge in [-0.05, 0) is 31.5 Å². The second-order valence-corrected chi connectivity index (χ2v) is 11.0. The molecule has 2 aromatic carbocycles. The van der Waals surface area contributed by atoms with Gasteiger partial charge in [0.15, 0.2) is 5.65 Å². The van der Waals surface area contributed by atoms with E-state index in [1.807, 2.05) is 48.8 Å². The molecule has 1 saturated heterocycles. The van der Waals surface area contributed by atoms with Crippen LogP contribution in [-0.4, -0.2) is 72.8 Å². The SMILES string of the molecule is Cc1ccc2c(c1)c1nnc(SCC(=O)N3CCN(C(=O)C(C)C)C(C)C3)nc1n2Cc1ccccc1. The van der Waals surface area contributed by atoms with E-state index in [2.05, 4.69) is 52.0 Å². The molecule has 0 bridgehead atoms. The van der Waals surface area contributed by atoms with Crippen LogP contribution in [0.25, 0.3) is 22.1 Å². The summed E-state index contributed by atoms with van der Waals surface area (Å²) in [5, 5.41) is 10.4. The van der Waals surface area contributed by atoms with Crippen molar-refractivity contribution in [1.82, 2.24) is 29.5 Å². The van der Waals surface area contributed by atoms with E-state index in [4.69, 9.17) is 4.98 Å². The lowest BCUT2D eigenvalue weighted by atomic mass is 10.1. The van der Waals surface area contributed by atoms with Crippen LogP contribution in [0.1, 0.15) is 31.9 Å². The number of piperazine rings is 1. The predicted octanol–water partition coefficient (Wildman–Crippen LogP) is 4.14. The summed E-state index contributed by atoms with van der Waals surface area (Å²) < 4.78 is 2.17. The Morgan fingerprint density at radius 2 is 1.86 bits per heavy atom. The van der Waals surface area contributed by atoms with Crippen molar-refractivity contribution in [2.45, 2.75) is 45.4 Å².